The molecule has 1 aliphatic heterocycles. The van der Waals surface area contributed by atoms with Crippen LogP contribution in [0.3, 0.4) is 0 Å². The van der Waals surface area contributed by atoms with E-state index in [1.807, 2.05) is 0 Å². The van der Waals surface area contributed by atoms with Crippen molar-refractivity contribution in [2.75, 3.05) is 47.4 Å². The maximum atomic E-state index is 11.9. The van der Waals surface area contributed by atoms with Gasteiger partial charge in [-0.3, -0.25) is 4.79 Å². The predicted octanol–water partition coefficient (Wildman–Crippen LogP) is 1.94. The Morgan fingerprint density at radius 1 is 1.12 bits per heavy atom. The SMILES string of the molecule is CN(C)C(=O)CN=C(NC1CCCC1)N(C)CC1CCOCC1.I. The third-order valence-corrected chi connectivity index (χ3v) is 4.79. The van der Waals surface area contributed by atoms with Crippen LogP contribution in [0.4, 0.5) is 0 Å². The maximum Gasteiger partial charge on any atom is 0.243 e. The van der Waals surface area contributed by atoms with E-state index in [1.54, 1.807) is 19.0 Å². The molecule has 0 aromatic carbocycles. The highest BCUT2D eigenvalue weighted by molar-refractivity contribution is 14.0. The summed E-state index contributed by atoms with van der Waals surface area (Å²) in [6.45, 7) is 2.90. The molecule has 0 atom stereocenters. The zero-order chi connectivity index (χ0) is 16.7. The Kier molecular flexibility index (Phi) is 9.95. The van der Waals surface area contributed by atoms with E-state index >= 15 is 0 Å². The average Bonchev–Trinajstić information content (AvgIpc) is 3.04. The fourth-order valence-corrected chi connectivity index (χ4v) is 3.22. The van der Waals surface area contributed by atoms with Crippen LogP contribution in [0.15, 0.2) is 4.99 Å². The highest BCUT2D eigenvalue weighted by Crippen LogP contribution is 2.19. The van der Waals surface area contributed by atoms with Crippen molar-refractivity contribution < 1.29 is 9.53 Å². The summed E-state index contributed by atoms with van der Waals surface area (Å²) >= 11 is 0. The lowest BCUT2D eigenvalue weighted by Gasteiger charge is -2.30. The lowest BCUT2D eigenvalue weighted by Crippen LogP contribution is -2.46. The van der Waals surface area contributed by atoms with Crippen molar-refractivity contribution in [3.63, 3.8) is 0 Å². The predicted molar refractivity (Wildman–Crippen MR) is 108 cm³/mol. The number of amides is 1. The van der Waals surface area contributed by atoms with Gasteiger partial charge in [0.05, 0.1) is 0 Å². The molecule has 140 valence electrons. The second kappa shape index (κ2) is 11.1. The normalized spacial score (nSPS) is 19.7. The molecule has 1 saturated heterocycles. The van der Waals surface area contributed by atoms with Crippen LogP contribution in [0.25, 0.3) is 0 Å². The molecule has 1 heterocycles. The number of nitrogens with one attached hydrogen (secondary N) is 1. The minimum absolute atomic E-state index is 0. The molecule has 1 amide bonds. The zero-order valence-electron chi connectivity index (χ0n) is 15.3. The quantitative estimate of drug-likeness (QED) is 0.394. The molecule has 2 fully saturated rings. The van der Waals surface area contributed by atoms with Crippen molar-refractivity contribution in [1.29, 1.82) is 0 Å². The Balaban J connectivity index is 0.00000288. The molecule has 24 heavy (non-hydrogen) atoms. The molecule has 0 spiro atoms. The number of hydrogen-bond acceptors (Lipinski definition) is 3. The molecule has 7 heteroatoms. The van der Waals surface area contributed by atoms with Crippen molar-refractivity contribution in [2.24, 2.45) is 10.9 Å². The van der Waals surface area contributed by atoms with Gasteiger partial charge in [-0.2, -0.15) is 0 Å². The van der Waals surface area contributed by atoms with Crippen LogP contribution >= 0.6 is 24.0 Å². The number of likely N-dealkylation sites (N-methyl/N-ethyl adjacent to an activating group) is 1. The van der Waals surface area contributed by atoms with E-state index in [1.165, 1.54) is 25.7 Å². The lowest BCUT2D eigenvalue weighted by atomic mass is 10.00. The van der Waals surface area contributed by atoms with E-state index in [2.05, 4.69) is 22.3 Å². The minimum atomic E-state index is 0. The molecular formula is C17H33IN4O2. The monoisotopic (exact) mass is 452 g/mol. The van der Waals surface area contributed by atoms with Crippen molar-refractivity contribution in [2.45, 2.75) is 44.6 Å². The van der Waals surface area contributed by atoms with Crippen molar-refractivity contribution >= 4 is 35.8 Å². The Bertz CT molecular complexity index is 405. The number of guanidine groups is 1. The largest absolute Gasteiger partial charge is 0.381 e. The van der Waals surface area contributed by atoms with Gasteiger partial charge >= 0.3 is 0 Å². The van der Waals surface area contributed by atoms with E-state index in [0.717, 1.165) is 38.6 Å². The molecule has 1 aliphatic carbocycles. The second-order valence-electron chi connectivity index (χ2n) is 6.99. The first-order valence-corrected chi connectivity index (χ1v) is 8.86. The number of carbonyl (C=O) groups excluding carboxylic acids is 1. The van der Waals surface area contributed by atoms with Crippen LogP contribution in [-0.2, 0) is 9.53 Å². The summed E-state index contributed by atoms with van der Waals surface area (Å²) in [6, 6.07) is 0.500. The van der Waals surface area contributed by atoms with Crippen LogP contribution in [0.2, 0.25) is 0 Å². The molecule has 6 nitrogen and oxygen atoms in total. The number of hydrogen-bond donors (Lipinski definition) is 1. The van der Waals surface area contributed by atoms with Crippen molar-refractivity contribution in [1.82, 2.24) is 15.1 Å². The molecule has 0 aromatic heterocycles. The van der Waals surface area contributed by atoms with Gasteiger partial charge < -0.3 is 19.9 Å². The summed E-state index contributed by atoms with van der Waals surface area (Å²) in [5.74, 6) is 1.56. The fraction of sp³-hybridized carbons (Fsp3) is 0.882. The summed E-state index contributed by atoms with van der Waals surface area (Å²) in [4.78, 5) is 20.2. The van der Waals surface area contributed by atoms with Gasteiger partial charge in [0.2, 0.25) is 5.91 Å². The lowest BCUT2D eigenvalue weighted by molar-refractivity contribution is -0.127. The molecule has 0 bridgehead atoms. The highest BCUT2D eigenvalue weighted by atomic mass is 127. The Morgan fingerprint density at radius 3 is 2.33 bits per heavy atom. The van der Waals surface area contributed by atoms with E-state index in [9.17, 15) is 4.79 Å². The van der Waals surface area contributed by atoms with Gasteiger partial charge in [0.15, 0.2) is 5.96 Å². The highest BCUT2D eigenvalue weighted by Gasteiger charge is 2.21. The Labute approximate surface area is 163 Å². The third-order valence-electron chi connectivity index (χ3n) is 4.79. The van der Waals surface area contributed by atoms with Gasteiger partial charge in [0.1, 0.15) is 6.54 Å². The standard InChI is InChI=1S/C17H32N4O2.HI/c1-20(2)16(22)12-18-17(19-15-6-4-5-7-15)21(3)13-14-8-10-23-11-9-14;/h14-15H,4-13H2,1-3H3,(H,18,19);1H. The minimum Gasteiger partial charge on any atom is -0.381 e. The first kappa shape index (κ1) is 21.5. The van der Waals surface area contributed by atoms with Crippen molar-refractivity contribution in [3.8, 4) is 0 Å². The number of halogens is 1. The first-order valence-electron chi connectivity index (χ1n) is 8.86. The number of aliphatic imine (C=N–C) groups is 1. The van der Waals surface area contributed by atoms with Gasteiger partial charge in [-0.1, -0.05) is 12.8 Å². The smallest absolute Gasteiger partial charge is 0.243 e. The molecular weight excluding hydrogens is 419 g/mol. The Morgan fingerprint density at radius 2 is 1.75 bits per heavy atom. The Hall–Kier alpha value is -0.570. The molecule has 2 aliphatic rings. The van der Waals surface area contributed by atoms with Crippen LogP contribution < -0.4 is 5.32 Å². The molecule has 0 radical (unpaired) electrons. The number of ether oxygens (including phenoxy) is 1. The van der Waals surface area contributed by atoms with Crippen LogP contribution in [0, 0.1) is 5.92 Å². The van der Waals surface area contributed by atoms with E-state index in [4.69, 9.17) is 4.74 Å². The molecule has 2 rings (SSSR count). The topological polar surface area (TPSA) is 57.2 Å². The van der Waals surface area contributed by atoms with Gasteiger partial charge in [0, 0.05) is 46.9 Å². The van der Waals surface area contributed by atoms with Crippen LogP contribution in [0.5, 0.6) is 0 Å². The second-order valence-corrected chi connectivity index (χ2v) is 6.99. The average molecular weight is 452 g/mol. The van der Waals surface area contributed by atoms with E-state index in [-0.39, 0.29) is 36.4 Å². The molecule has 0 unspecified atom stereocenters. The van der Waals surface area contributed by atoms with Crippen LogP contribution in [-0.4, -0.2) is 75.2 Å². The van der Waals surface area contributed by atoms with Crippen molar-refractivity contribution in [3.05, 3.63) is 0 Å². The van der Waals surface area contributed by atoms with E-state index < -0.39 is 0 Å². The number of carbonyl (C=O) groups is 1. The summed E-state index contributed by atoms with van der Waals surface area (Å²) in [5.41, 5.74) is 0. The third kappa shape index (κ3) is 7.13. The van der Waals surface area contributed by atoms with E-state index in [0.29, 0.717) is 12.0 Å². The van der Waals surface area contributed by atoms with Gasteiger partial charge in [0.25, 0.3) is 0 Å². The molecule has 1 N–H and O–H groups in total. The fourth-order valence-electron chi connectivity index (χ4n) is 3.22. The molecule has 0 aromatic rings. The summed E-state index contributed by atoms with van der Waals surface area (Å²) < 4.78 is 5.44. The summed E-state index contributed by atoms with van der Waals surface area (Å²) in [6.07, 6.45) is 7.18. The zero-order valence-corrected chi connectivity index (χ0v) is 17.6. The van der Waals surface area contributed by atoms with Crippen LogP contribution in [0.1, 0.15) is 38.5 Å². The summed E-state index contributed by atoms with van der Waals surface area (Å²) in [5, 5.41) is 3.57. The molecule has 1 saturated carbocycles. The van der Waals surface area contributed by atoms with Gasteiger partial charge in [-0.05, 0) is 31.6 Å². The number of rotatable bonds is 5. The summed E-state index contributed by atoms with van der Waals surface area (Å²) in [7, 11) is 5.62. The first-order chi connectivity index (χ1) is 11.1. The van der Waals surface area contributed by atoms with Gasteiger partial charge in [-0.25, -0.2) is 4.99 Å². The number of nitrogens with zero attached hydrogens (tertiary/aromatic N) is 3. The van der Waals surface area contributed by atoms with Gasteiger partial charge in [-0.15, -0.1) is 24.0 Å². The maximum absolute atomic E-state index is 11.9.